The lowest BCUT2D eigenvalue weighted by molar-refractivity contribution is -0.384. The number of hydrogen-bond acceptors (Lipinski definition) is 3. The second kappa shape index (κ2) is 5.73. The smallest absolute Gasteiger partial charge is 0.269 e. The second-order valence-corrected chi connectivity index (χ2v) is 3.97. The maximum absolute atomic E-state index is 10.6. The van der Waals surface area contributed by atoms with Crippen LogP contribution in [0.25, 0.3) is 12.2 Å². The zero-order chi connectivity index (χ0) is 13.7. The van der Waals surface area contributed by atoms with Crippen LogP contribution in [0.1, 0.15) is 21.5 Å². The number of rotatable bonds is 4. The lowest BCUT2D eigenvalue weighted by atomic mass is 10.1. The Morgan fingerprint density at radius 3 is 2.16 bits per heavy atom. The molecule has 94 valence electrons. The van der Waals surface area contributed by atoms with E-state index in [1.165, 1.54) is 12.1 Å². The predicted molar refractivity (Wildman–Crippen MR) is 73.9 cm³/mol. The third-order valence-electron chi connectivity index (χ3n) is 2.62. The van der Waals surface area contributed by atoms with Gasteiger partial charge in [0.05, 0.1) is 4.92 Å². The van der Waals surface area contributed by atoms with E-state index in [2.05, 4.69) is 0 Å². The molecule has 0 aliphatic carbocycles. The number of aldehydes is 1. The maximum Gasteiger partial charge on any atom is 0.269 e. The third kappa shape index (κ3) is 3.35. The van der Waals surface area contributed by atoms with E-state index >= 15 is 0 Å². The Morgan fingerprint density at radius 1 is 0.895 bits per heavy atom. The molecule has 0 bridgehead atoms. The average Bonchev–Trinajstić information content (AvgIpc) is 2.46. The fraction of sp³-hybridized carbons (Fsp3) is 0. The van der Waals surface area contributed by atoms with Gasteiger partial charge in [-0.05, 0) is 29.3 Å². The van der Waals surface area contributed by atoms with Crippen LogP contribution in [-0.4, -0.2) is 11.2 Å². The van der Waals surface area contributed by atoms with Gasteiger partial charge in [-0.25, -0.2) is 0 Å². The van der Waals surface area contributed by atoms with Crippen LogP contribution in [0.5, 0.6) is 0 Å². The van der Waals surface area contributed by atoms with Gasteiger partial charge in [0.2, 0.25) is 0 Å². The molecular weight excluding hydrogens is 242 g/mol. The summed E-state index contributed by atoms with van der Waals surface area (Å²) >= 11 is 0. The molecule has 0 unspecified atom stereocenters. The Hall–Kier alpha value is -2.75. The molecule has 0 fully saturated rings. The number of non-ortho nitro benzene ring substituents is 1. The minimum Gasteiger partial charge on any atom is -0.298 e. The van der Waals surface area contributed by atoms with Crippen LogP contribution in [0.2, 0.25) is 0 Å². The number of carbonyl (C=O) groups is 1. The molecule has 0 spiro atoms. The minimum atomic E-state index is -0.430. The SMILES string of the molecule is O=Cc1cccc(/C=C/c2ccc([N+](=O)[O-])cc2)c1. The van der Waals surface area contributed by atoms with Gasteiger partial charge >= 0.3 is 0 Å². The average molecular weight is 253 g/mol. The highest BCUT2D eigenvalue weighted by Gasteiger charge is 2.02. The van der Waals surface area contributed by atoms with Gasteiger partial charge < -0.3 is 0 Å². The molecule has 0 saturated heterocycles. The molecule has 4 nitrogen and oxygen atoms in total. The van der Waals surface area contributed by atoms with Gasteiger partial charge in [-0.2, -0.15) is 0 Å². The van der Waals surface area contributed by atoms with Crippen molar-refractivity contribution in [3.63, 3.8) is 0 Å². The summed E-state index contributed by atoms with van der Waals surface area (Å²) in [6.07, 6.45) is 4.49. The molecule has 4 heteroatoms. The summed E-state index contributed by atoms with van der Waals surface area (Å²) in [6, 6.07) is 13.5. The van der Waals surface area contributed by atoms with Gasteiger partial charge in [0.25, 0.3) is 5.69 Å². The molecule has 0 aliphatic heterocycles. The summed E-state index contributed by atoms with van der Waals surface area (Å²) in [5.74, 6) is 0. The maximum atomic E-state index is 10.6. The van der Waals surface area contributed by atoms with Gasteiger partial charge in [0, 0.05) is 17.7 Å². The van der Waals surface area contributed by atoms with Gasteiger partial charge in [0.15, 0.2) is 0 Å². The van der Waals surface area contributed by atoms with Crippen molar-refractivity contribution < 1.29 is 9.72 Å². The zero-order valence-electron chi connectivity index (χ0n) is 10.0. The predicted octanol–water partition coefficient (Wildman–Crippen LogP) is 3.58. The van der Waals surface area contributed by atoms with Crippen molar-refractivity contribution in [2.24, 2.45) is 0 Å². The van der Waals surface area contributed by atoms with Gasteiger partial charge in [0.1, 0.15) is 6.29 Å². The van der Waals surface area contributed by atoms with Crippen molar-refractivity contribution in [3.05, 3.63) is 75.3 Å². The van der Waals surface area contributed by atoms with Crippen molar-refractivity contribution in [3.8, 4) is 0 Å². The molecule has 0 aromatic heterocycles. The van der Waals surface area contributed by atoms with Crippen LogP contribution < -0.4 is 0 Å². The van der Waals surface area contributed by atoms with Gasteiger partial charge in [-0.1, -0.05) is 30.4 Å². The van der Waals surface area contributed by atoms with E-state index in [0.717, 1.165) is 17.4 Å². The van der Waals surface area contributed by atoms with E-state index in [-0.39, 0.29) is 5.69 Å². The Kier molecular flexibility index (Phi) is 3.83. The summed E-state index contributed by atoms with van der Waals surface area (Å²) in [4.78, 5) is 20.7. The summed E-state index contributed by atoms with van der Waals surface area (Å²) in [5, 5.41) is 10.5. The normalized spacial score (nSPS) is 10.5. The Morgan fingerprint density at radius 2 is 1.53 bits per heavy atom. The molecule has 0 amide bonds. The van der Waals surface area contributed by atoms with Crippen molar-refractivity contribution in [1.29, 1.82) is 0 Å². The first-order valence-electron chi connectivity index (χ1n) is 5.67. The first-order chi connectivity index (χ1) is 9.19. The Bertz CT molecular complexity index is 630. The molecule has 2 aromatic rings. The number of carbonyl (C=O) groups excluding carboxylic acids is 1. The topological polar surface area (TPSA) is 60.2 Å². The standard InChI is InChI=1S/C15H11NO3/c17-11-14-3-1-2-13(10-14)5-4-12-6-8-15(9-7-12)16(18)19/h1-11H/b5-4+. The summed E-state index contributed by atoms with van der Waals surface area (Å²) in [7, 11) is 0. The third-order valence-corrected chi connectivity index (χ3v) is 2.62. The summed E-state index contributed by atoms with van der Waals surface area (Å²) in [5.41, 5.74) is 2.45. The molecule has 2 rings (SSSR count). The molecule has 0 aliphatic rings. The second-order valence-electron chi connectivity index (χ2n) is 3.97. The Labute approximate surface area is 110 Å². The first-order valence-corrected chi connectivity index (χ1v) is 5.67. The molecule has 0 atom stereocenters. The quantitative estimate of drug-likeness (QED) is 0.362. The molecule has 19 heavy (non-hydrogen) atoms. The van der Waals surface area contributed by atoms with Crippen LogP contribution in [0.4, 0.5) is 5.69 Å². The molecule has 0 radical (unpaired) electrons. The van der Waals surface area contributed by atoms with Crippen molar-refractivity contribution in [1.82, 2.24) is 0 Å². The van der Waals surface area contributed by atoms with Crippen LogP contribution >= 0.6 is 0 Å². The number of nitro groups is 1. The number of benzene rings is 2. The lowest BCUT2D eigenvalue weighted by Crippen LogP contribution is -1.86. The lowest BCUT2D eigenvalue weighted by Gasteiger charge is -1.96. The van der Waals surface area contributed by atoms with Crippen LogP contribution in [-0.2, 0) is 0 Å². The first kappa shape index (κ1) is 12.7. The van der Waals surface area contributed by atoms with E-state index in [4.69, 9.17) is 0 Å². The van der Waals surface area contributed by atoms with E-state index < -0.39 is 4.92 Å². The molecule has 0 N–H and O–H groups in total. The largest absolute Gasteiger partial charge is 0.298 e. The number of hydrogen-bond donors (Lipinski definition) is 0. The Balaban J connectivity index is 2.17. The van der Waals surface area contributed by atoms with Crippen molar-refractivity contribution >= 4 is 24.1 Å². The van der Waals surface area contributed by atoms with E-state index in [1.54, 1.807) is 30.3 Å². The molecule has 0 heterocycles. The van der Waals surface area contributed by atoms with Crippen molar-refractivity contribution in [2.75, 3.05) is 0 Å². The van der Waals surface area contributed by atoms with Gasteiger partial charge in [-0.15, -0.1) is 0 Å². The summed E-state index contributed by atoms with van der Waals surface area (Å²) < 4.78 is 0. The van der Waals surface area contributed by atoms with Crippen molar-refractivity contribution in [2.45, 2.75) is 0 Å². The molecule has 0 saturated carbocycles. The molecule has 2 aromatic carbocycles. The number of nitro benzene ring substituents is 1. The van der Waals surface area contributed by atoms with E-state index in [9.17, 15) is 14.9 Å². The summed E-state index contributed by atoms with van der Waals surface area (Å²) in [6.45, 7) is 0. The van der Waals surface area contributed by atoms with Crippen LogP contribution in [0, 0.1) is 10.1 Å². The highest BCUT2D eigenvalue weighted by atomic mass is 16.6. The highest BCUT2D eigenvalue weighted by molar-refractivity contribution is 5.78. The molecular formula is C15H11NO3. The van der Waals surface area contributed by atoms with E-state index in [0.29, 0.717) is 5.56 Å². The number of nitrogens with zero attached hydrogens (tertiary/aromatic N) is 1. The minimum absolute atomic E-state index is 0.0695. The zero-order valence-corrected chi connectivity index (χ0v) is 10.0. The van der Waals surface area contributed by atoms with Gasteiger partial charge in [-0.3, -0.25) is 14.9 Å². The fourth-order valence-electron chi connectivity index (χ4n) is 1.64. The fourth-order valence-corrected chi connectivity index (χ4v) is 1.64. The highest BCUT2D eigenvalue weighted by Crippen LogP contribution is 2.14. The monoisotopic (exact) mass is 253 g/mol. The van der Waals surface area contributed by atoms with Crippen LogP contribution in [0.15, 0.2) is 48.5 Å². The van der Waals surface area contributed by atoms with Crippen LogP contribution in [0.3, 0.4) is 0 Å². The van der Waals surface area contributed by atoms with E-state index in [1.807, 2.05) is 18.2 Å².